The molecular formula is C31H35Cl2N3O5. The van der Waals surface area contributed by atoms with Crippen LogP contribution in [0.25, 0.3) is 0 Å². The molecule has 1 aliphatic carbocycles. The number of benzene rings is 2. The minimum atomic E-state index is -0.908. The van der Waals surface area contributed by atoms with Crippen molar-refractivity contribution in [1.82, 2.24) is 10.3 Å². The highest BCUT2D eigenvalue weighted by molar-refractivity contribution is 6.39. The van der Waals surface area contributed by atoms with Gasteiger partial charge in [-0.15, -0.1) is 0 Å². The van der Waals surface area contributed by atoms with Crippen molar-refractivity contribution in [2.24, 2.45) is 5.92 Å². The van der Waals surface area contributed by atoms with Gasteiger partial charge in [-0.25, -0.2) is 9.78 Å². The van der Waals surface area contributed by atoms with Crippen molar-refractivity contribution >= 4 is 40.9 Å². The zero-order chi connectivity index (χ0) is 29.2. The van der Waals surface area contributed by atoms with Gasteiger partial charge in [-0.2, -0.15) is 0 Å². The summed E-state index contributed by atoms with van der Waals surface area (Å²) in [5.41, 5.74) is 2.01. The number of carbonyl (C=O) groups is 2. The first-order chi connectivity index (χ1) is 19.9. The summed E-state index contributed by atoms with van der Waals surface area (Å²) < 4.78 is 16.1. The molecule has 2 aromatic carbocycles. The largest absolute Gasteiger partial charge is 0.493 e. The molecule has 1 aliphatic rings. The number of hydrogen-bond donors (Lipinski definition) is 2. The number of carbonyl (C=O) groups excluding carboxylic acids is 2. The number of nitrogens with one attached hydrogen (secondary N) is 2. The van der Waals surface area contributed by atoms with Gasteiger partial charge < -0.3 is 24.8 Å². The number of pyridine rings is 1. The first-order valence-electron chi connectivity index (χ1n) is 13.6. The van der Waals surface area contributed by atoms with E-state index < -0.39 is 17.9 Å². The van der Waals surface area contributed by atoms with Gasteiger partial charge in [0.15, 0.2) is 0 Å². The molecular weight excluding hydrogens is 565 g/mol. The molecule has 0 bridgehead atoms. The first kappa shape index (κ1) is 30.6. The van der Waals surface area contributed by atoms with E-state index in [1.807, 2.05) is 42.6 Å². The number of methoxy groups -OCH3 is 2. The molecule has 8 nitrogen and oxygen atoms in total. The molecule has 1 fully saturated rings. The van der Waals surface area contributed by atoms with Crippen LogP contribution in [0.2, 0.25) is 10.0 Å². The number of halogens is 2. The number of nitrogens with zero attached hydrogens (tertiary/aromatic N) is 1. The second-order valence-corrected chi connectivity index (χ2v) is 11.0. The highest BCUT2D eigenvalue weighted by Crippen LogP contribution is 2.28. The molecule has 1 atom stereocenters. The lowest BCUT2D eigenvalue weighted by Crippen LogP contribution is -2.43. The SMILES string of the molecule is COCc1ccc(NC2CCC(COc3ccc(C[C@H](NC(=O)c4c(Cl)cccc4Cl)C(=O)OC)cc3)CC2)nc1. The van der Waals surface area contributed by atoms with Gasteiger partial charge in [0.25, 0.3) is 5.91 Å². The highest BCUT2D eigenvalue weighted by Gasteiger charge is 2.25. The lowest BCUT2D eigenvalue weighted by Gasteiger charge is -2.29. The van der Waals surface area contributed by atoms with Gasteiger partial charge in [0.1, 0.15) is 17.6 Å². The zero-order valence-electron chi connectivity index (χ0n) is 23.2. The van der Waals surface area contributed by atoms with Gasteiger partial charge in [-0.05, 0) is 73.1 Å². The van der Waals surface area contributed by atoms with Crippen molar-refractivity contribution < 1.29 is 23.8 Å². The Labute approximate surface area is 250 Å². The van der Waals surface area contributed by atoms with Crippen LogP contribution >= 0.6 is 23.2 Å². The Bertz CT molecular complexity index is 1280. The van der Waals surface area contributed by atoms with Gasteiger partial charge >= 0.3 is 5.97 Å². The lowest BCUT2D eigenvalue weighted by molar-refractivity contribution is -0.142. The molecule has 1 heterocycles. The monoisotopic (exact) mass is 599 g/mol. The number of esters is 1. The number of aromatic nitrogens is 1. The summed E-state index contributed by atoms with van der Waals surface area (Å²) in [6.07, 6.45) is 6.37. The number of rotatable bonds is 12. The third-order valence-electron chi connectivity index (χ3n) is 7.16. The predicted molar refractivity (Wildman–Crippen MR) is 160 cm³/mol. The van der Waals surface area contributed by atoms with E-state index in [2.05, 4.69) is 15.6 Å². The zero-order valence-corrected chi connectivity index (χ0v) is 24.7. The topological polar surface area (TPSA) is 98.8 Å². The van der Waals surface area contributed by atoms with Crippen molar-refractivity contribution in [3.63, 3.8) is 0 Å². The minimum absolute atomic E-state index is 0.117. The Morgan fingerprint density at radius 3 is 2.24 bits per heavy atom. The van der Waals surface area contributed by atoms with Crippen LogP contribution in [0.4, 0.5) is 5.82 Å². The second kappa shape index (κ2) is 15.1. The molecule has 1 amide bonds. The van der Waals surface area contributed by atoms with Gasteiger partial charge in [0.2, 0.25) is 0 Å². The number of amides is 1. The third kappa shape index (κ3) is 8.83. The summed E-state index contributed by atoms with van der Waals surface area (Å²) in [6, 6.07) is 15.8. The van der Waals surface area contributed by atoms with Crippen molar-refractivity contribution in [2.75, 3.05) is 26.1 Å². The van der Waals surface area contributed by atoms with Crippen LogP contribution in [0.5, 0.6) is 5.75 Å². The molecule has 218 valence electrons. The Hall–Kier alpha value is -3.33. The quantitative estimate of drug-likeness (QED) is 0.243. The Balaban J connectivity index is 1.24. The molecule has 1 saturated carbocycles. The standard InChI is InChI=1S/C31H35Cl2N3O5/c1-39-18-22-10-15-28(34-17-22)35-23-11-6-21(7-12-23)19-41-24-13-8-20(9-14-24)16-27(31(38)40-2)36-30(37)29-25(32)4-3-5-26(29)33/h3-5,8-10,13-15,17,21,23,27H,6-7,11-12,16,18-19H2,1-2H3,(H,34,35)(H,36,37)/t21?,23?,27-/m0/s1. The fourth-order valence-corrected chi connectivity index (χ4v) is 5.47. The fourth-order valence-electron chi connectivity index (χ4n) is 4.90. The fraction of sp³-hybridized carbons (Fsp3) is 0.387. The van der Waals surface area contributed by atoms with E-state index >= 15 is 0 Å². The maximum absolute atomic E-state index is 12.8. The molecule has 3 aromatic rings. The van der Waals surface area contributed by atoms with E-state index in [4.69, 9.17) is 37.4 Å². The molecule has 0 saturated heterocycles. The predicted octanol–water partition coefficient (Wildman–Crippen LogP) is 6.10. The average molecular weight is 601 g/mol. The van der Waals surface area contributed by atoms with Crippen LogP contribution in [-0.4, -0.2) is 49.8 Å². The van der Waals surface area contributed by atoms with E-state index in [9.17, 15) is 9.59 Å². The summed E-state index contributed by atoms with van der Waals surface area (Å²) in [7, 11) is 2.96. The Morgan fingerprint density at radius 2 is 1.63 bits per heavy atom. The normalized spacial score (nSPS) is 17.4. The van der Waals surface area contributed by atoms with Gasteiger partial charge in [-0.1, -0.05) is 47.5 Å². The third-order valence-corrected chi connectivity index (χ3v) is 7.79. The Kier molecular flexibility index (Phi) is 11.2. The lowest BCUT2D eigenvalue weighted by atomic mass is 9.86. The molecule has 0 radical (unpaired) electrons. The summed E-state index contributed by atoms with van der Waals surface area (Å²) in [5, 5.41) is 6.64. The van der Waals surface area contributed by atoms with Crippen LogP contribution in [0, 0.1) is 5.92 Å². The van der Waals surface area contributed by atoms with Crippen LogP contribution < -0.4 is 15.4 Å². The summed E-state index contributed by atoms with van der Waals surface area (Å²) in [4.78, 5) is 29.7. The van der Waals surface area contributed by atoms with Gasteiger partial charge in [-0.3, -0.25) is 4.79 Å². The number of hydrogen-bond acceptors (Lipinski definition) is 7. The summed E-state index contributed by atoms with van der Waals surface area (Å²) in [5.74, 6) is 1.03. The van der Waals surface area contributed by atoms with Gasteiger partial charge in [0, 0.05) is 25.8 Å². The Morgan fingerprint density at radius 1 is 0.951 bits per heavy atom. The van der Waals surface area contributed by atoms with E-state index in [1.165, 1.54) is 7.11 Å². The maximum atomic E-state index is 12.8. The summed E-state index contributed by atoms with van der Waals surface area (Å²) in [6.45, 7) is 1.21. The second-order valence-electron chi connectivity index (χ2n) is 10.2. The highest BCUT2D eigenvalue weighted by atomic mass is 35.5. The van der Waals surface area contributed by atoms with Crippen molar-refractivity contribution in [3.05, 3.63) is 87.5 Å². The van der Waals surface area contributed by atoms with E-state index in [0.717, 1.165) is 48.4 Å². The van der Waals surface area contributed by atoms with Crippen molar-refractivity contribution in [1.29, 1.82) is 0 Å². The van der Waals surface area contributed by atoms with Crippen molar-refractivity contribution in [2.45, 2.75) is 50.8 Å². The van der Waals surface area contributed by atoms with Gasteiger partial charge in [0.05, 0.1) is 35.9 Å². The van der Waals surface area contributed by atoms with E-state index in [1.54, 1.807) is 25.3 Å². The van der Waals surface area contributed by atoms with Crippen LogP contribution in [0.1, 0.15) is 47.2 Å². The number of ether oxygens (including phenoxy) is 3. The van der Waals surface area contributed by atoms with E-state index in [-0.39, 0.29) is 22.0 Å². The summed E-state index contributed by atoms with van der Waals surface area (Å²) >= 11 is 12.3. The van der Waals surface area contributed by atoms with E-state index in [0.29, 0.717) is 25.2 Å². The minimum Gasteiger partial charge on any atom is -0.493 e. The smallest absolute Gasteiger partial charge is 0.328 e. The van der Waals surface area contributed by atoms with Crippen LogP contribution in [-0.2, 0) is 27.3 Å². The molecule has 0 spiro atoms. The van der Waals surface area contributed by atoms with Crippen LogP contribution in [0.15, 0.2) is 60.8 Å². The molecule has 0 unspecified atom stereocenters. The van der Waals surface area contributed by atoms with Crippen molar-refractivity contribution in [3.8, 4) is 5.75 Å². The molecule has 1 aromatic heterocycles. The molecule has 2 N–H and O–H groups in total. The molecule has 10 heteroatoms. The average Bonchev–Trinajstić information content (AvgIpc) is 2.98. The first-order valence-corrected chi connectivity index (χ1v) is 14.4. The number of anilines is 1. The van der Waals surface area contributed by atoms with Crippen LogP contribution in [0.3, 0.4) is 0 Å². The molecule has 4 rings (SSSR count). The molecule has 41 heavy (non-hydrogen) atoms. The maximum Gasteiger partial charge on any atom is 0.328 e. The molecule has 0 aliphatic heterocycles.